The SMILES string of the molecule is C[C@H](CS(=O)(=O)CCCCCN1CC(=O)NC1=O)c1cc(F)cc(OCC2CC2)c1. The maximum absolute atomic E-state index is 13.9. The molecule has 9 heteroatoms. The largest absolute Gasteiger partial charge is 0.493 e. The summed E-state index contributed by atoms with van der Waals surface area (Å²) in [6, 6.07) is 4.04. The first kappa shape index (κ1) is 22.5. The summed E-state index contributed by atoms with van der Waals surface area (Å²) in [6.07, 6.45) is 4.04. The highest BCUT2D eigenvalue weighted by Crippen LogP contribution is 2.31. The Bertz CT molecular complexity index is 885. The Labute approximate surface area is 176 Å². The van der Waals surface area contributed by atoms with Gasteiger partial charge >= 0.3 is 6.03 Å². The van der Waals surface area contributed by atoms with Crippen LogP contribution in [0.3, 0.4) is 0 Å². The summed E-state index contributed by atoms with van der Waals surface area (Å²) >= 11 is 0. The standard InChI is InChI=1S/C21H29FN2O5S/c1-15(17-9-18(22)11-19(10-17)29-13-16-5-6-16)14-30(27,28)8-4-2-3-7-24-12-20(25)23-21(24)26/h9-11,15-16H,2-8,12-14H2,1H3,(H,23,25,26)/t15-/m1/s1. The first-order chi connectivity index (χ1) is 14.2. The van der Waals surface area contributed by atoms with E-state index in [1.165, 1.54) is 17.0 Å². The van der Waals surface area contributed by atoms with Gasteiger partial charge in [0.15, 0.2) is 9.84 Å². The fraction of sp³-hybridized carbons (Fsp3) is 0.619. The molecule has 2 fully saturated rings. The van der Waals surface area contributed by atoms with Crippen LogP contribution in [0.15, 0.2) is 18.2 Å². The number of benzene rings is 1. The number of halogens is 1. The van der Waals surface area contributed by atoms with Gasteiger partial charge in [-0.05, 0) is 55.2 Å². The molecule has 166 valence electrons. The lowest BCUT2D eigenvalue weighted by atomic mass is 10.0. The van der Waals surface area contributed by atoms with Crippen molar-refractivity contribution in [3.63, 3.8) is 0 Å². The van der Waals surface area contributed by atoms with Crippen LogP contribution in [0.1, 0.15) is 50.5 Å². The molecular weight excluding hydrogens is 411 g/mol. The molecule has 7 nitrogen and oxygen atoms in total. The average molecular weight is 441 g/mol. The first-order valence-electron chi connectivity index (χ1n) is 10.4. The molecular formula is C21H29FN2O5S. The zero-order chi connectivity index (χ0) is 21.7. The summed E-state index contributed by atoms with van der Waals surface area (Å²) < 4.78 is 44.5. The average Bonchev–Trinajstić information content (AvgIpc) is 3.43. The highest BCUT2D eigenvalue weighted by molar-refractivity contribution is 7.91. The maximum Gasteiger partial charge on any atom is 0.324 e. The smallest absolute Gasteiger partial charge is 0.324 e. The number of sulfone groups is 1. The molecule has 1 atom stereocenters. The molecule has 0 spiro atoms. The summed E-state index contributed by atoms with van der Waals surface area (Å²) in [7, 11) is -3.30. The molecule has 30 heavy (non-hydrogen) atoms. The van der Waals surface area contributed by atoms with E-state index in [2.05, 4.69) is 5.32 Å². The quantitative estimate of drug-likeness (QED) is 0.399. The third kappa shape index (κ3) is 6.97. The van der Waals surface area contributed by atoms with Crippen molar-refractivity contribution in [2.45, 2.75) is 44.9 Å². The Hall–Kier alpha value is -2.16. The van der Waals surface area contributed by atoms with Gasteiger partial charge in [0.1, 0.15) is 18.1 Å². The Morgan fingerprint density at radius 1 is 1.20 bits per heavy atom. The number of amides is 3. The van der Waals surface area contributed by atoms with Crippen molar-refractivity contribution in [2.75, 3.05) is 31.2 Å². The van der Waals surface area contributed by atoms with Crippen LogP contribution in [-0.4, -0.2) is 56.5 Å². The van der Waals surface area contributed by atoms with Gasteiger partial charge in [-0.3, -0.25) is 10.1 Å². The topological polar surface area (TPSA) is 92.8 Å². The highest BCUT2D eigenvalue weighted by atomic mass is 32.2. The van der Waals surface area contributed by atoms with E-state index >= 15 is 0 Å². The number of ether oxygens (including phenoxy) is 1. The number of urea groups is 1. The van der Waals surface area contributed by atoms with Crippen molar-refractivity contribution < 1.29 is 27.1 Å². The number of rotatable bonds is 12. The lowest BCUT2D eigenvalue weighted by Crippen LogP contribution is -2.29. The molecule has 1 saturated heterocycles. The van der Waals surface area contributed by atoms with Gasteiger partial charge in [0, 0.05) is 12.6 Å². The van der Waals surface area contributed by atoms with Gasteiger partial charge in [0.25, 0.3) is 0 Å². The second-order valence-electron chi connectivity index (χ2n) is 8.33. The van der Waals surface area contributed by atoms with Crippen LogP contribution in [0.5, 0.6) is 5.75 Å². The lowest BCUT2D eigenvalue weighted by molar-refractivity contribution is -0.118. The van der Waals surface area contributed by atoms with E-state index in [1.54, 1.807) is 13.0 Å². The molecule has 1 saturated carbocycles. The van der Waals surface area contributed by atoms with Crippen LogP contribution in [0.4, 0.5) is 9.18 Å². The third-order valence-corrected chi connectivity index (χ3v) is 7.32. The number of hydrogen-bond donors (Lipinski definition) is 1. The van der Waals surface area contributed by atoms with Gasteiger partial charge in [0.2, 0.25) is 5.91 Å². The van der Waals surface area contributed by atoms with Crippen LogP contribution >= 0.6 is 0 Å². The van der Waals surface area contributed by atoms with E-state index in [0.717, 1.165) is 12.8 Å². The molecule has 2 aliphatic rings. The molecule has 0 radical (unpaired) electrons. The third-order valence-electron chi connectivity index (χ3n) is 5.40. The lowest BCUT2D eigenvalue weighted by Gasteiger charge is -2.15. The van der Waals surface area contributed by atoms with E-state index in [9.17, 15) is 22.4 Å². The van der Waals surface area contributed by atoms with Gasteiger partial charge in [-0.1, -0.05) is 13.3 Å². The minimum atomic E-state index is -3.30. The number of carbonyl (C=O) groups is 2. The predicted octanol–water partition coefficient (Wildman–Crippen LogP) is 2.85. The molecule has 1 heterocycles. The van der Waals surface area contributed by atoms with Gasteiger partial charge in [-0.25, -0.2) is 17.6 Å². The normalized spacial score (nSPS) is 17.9. The summed E-state index contributed by atoms with van der Waals surface area (Å²) in [5.41, 5.74) is 0.620. The second kappa shape index (κ2) is 9.76. The molecule has 1 aliphatic heterocycles. The van der Waals surface area contributed by atoms with E-state index in [0.29, 0.717) is 49.6 Å². The minimum Gasteiger partial charge on any atom is -0.493 e. The van der Waals surface area contributed by atoms with Gasteiger partial charge in [-0.2, -0.15) is 0 Å². The van der Waals surface area contributed by atoms with Crippen LogP contribution in [0.2, 0.25) is 0 Å². The number of hydrogen-bond acceptors (Lipinski definition) is 5. The van der Waals surface area contributed by atoms with Crippen molar-refractivity contribution in [2.24, 2.45) is 5.92 Å². The van der Waals surface area contributed by atoms with E-state index in [-0.39, 0.29) is 29.9 Å². The van der Waals surface area contributed by atoms with Gasteiger partial charge < -0.3 is 9.64 Å². The molecule has 3 amide bonds. The molecule has 1 N–H and O–H groups in total. The van der Waals surface area contributed by atoms with E-state index in [1.807, 2.05) is 0 Å². The number of nitrogens with one attached hydrogen (secondary N) is 1. The Balaban J connectivity index is 1.42. The Morgan fingerprint density at radius 3 is 2.63 bits per heavy atom. The predicted molar refractivity (Wildman–Crippen MR) is 111 cm³/mol. The van der Waals surface area contributed by atoms with Crippen molar-refractivity contribution in [1.29, 1.82) is 0 Å². The molecule has 1 aromatic rings. The van der Waals surface area contributed by atoms with Crippen LogP contribution < -0.4 is 10.1 Å². The number of carbonyl (C=O) groups excluding carboxylic acids is 2. The first-order valence-corrected chi connectivity index (χ1v) is 12.3. The van der Waals surface area contributed by atoms with Crippen LogP contribution in [0, 0.1) is 11.7 Å². The number of unbranched alkanes of at least 4 members (excludes halogenated alkanes) is 2. The molecule has 0 aromatic heterocycles. The summed E-state index contributed by atoms with van der Waals surface area (Å²) in [4.78, 5) is 24.0. The molecule has 0 unspecified atom stereocenters. The molecule has 3 rings (SSSR count). The number of imide groups is 1. The minimum absolute atomic E-state index is 0.0445. The Morgan fingerprint density at radius 2 is 1.97 bits per heavy atom. The van der Waals surface area contributed by atoms with Crippen molar-refractivity contribution in [3.8, 4) is 5.75 Å². The van der Waals surface area contributed by atoms with E-state index in [4.69, 9.17) is 4.74 Å². The molecule has 0 bridgehead atoms. The van der Waals surface area contributed by atoms with Crippen molar-refractivity contribution >= 4 is 21.8 Å². The van der Waals surface area contributed by atoms with Gasteiger partial charge in [-0.15, -0.1) is 0 Å². The van der Waals surface area contributed by atoms with Crippen molar-refractivity contribution in [1.82, 2.24) is 10.2 Å². The summed E-state index contributed by atoms with van der Waals surface area (Å²) in [5.74, 6) is -0.0830. The zero-order valence-corrected chi connectivity index (χ0v) is 18.0. The summed E-state index contributed by atoms with van der Waals surface area (Å²) in [6.45, 7) is 2.85. The zero-order valence-electron chi connectivity index (χ0n) is 17.2. The van der Waals surface area contributed by atoms with Crippen LogP contribution in [-0.2, 0) is 14.6 Å². The van der Waals surface area contributed by atoms with E-state index < -0.39 is 21.7 Å². The highest BCUT2D eigenvalue weighted by Gasteiger charge is 2.26. The molecule has 1 aromatic carbocycles. The Kier molecular flexibility index (Phi) is 7.33. The van der Waals surface area contributed by atoms with Gasteiger partial charge in [0.05, 0.1) is 18.1 Å². The summed E-state index contributed by atoms with van der Waals surface area (Å²) in [5, 5.41) is 2.21. The second-order valence-corrected chi connectivity index (χ2v) is 10.6. The fourth-order valence-corrected chi connectivity index (χ4v) is 5.24. The van der Waals surface area contributed by atoms with Crippen LogP contribution in [0.25, 0.3) is 0 Å². The molecule has 1 aliphatic carbocycles. The van der Waals surface area contributed by atoms with Crippen molar-refractivity contribution in [3.05, 3.63) is 29.6 Å². The maximum atomic E-state index is 13.9. The number of nitrogens with zero attached hydrogens (tertiary/aromatic N) is 1. The monoisotopic (exact) mass is 440 g/mol. The fourth-order valence-electron chi connectivity index (χ4n) is 3.48.